The van der Waals surface area contributed by atoms with Crippen LogP contribution in [0.25, 0.3) is 0 Å². The Bertz CT molecular complexity index is 457. The van der Waals surface area contributed by atoms with Crippen molar-refractivity contribution in [3.05, 3.63) is 33.3 Å². The molecular weight excluding hydrogens is 314 g/mol. The number of hydrogen-bond acceptors (Lipinski definition) is 1. The van der Waals surface area contributed by atoms with Crippen LogP contribution >= 0.6 is 27.5 Å². The van der Waals surface area contributed by atoms with Crippen LogP contribution < -0.4 is 0 Å². The van der Waals surface area contributed by atoms with E-state index in [2.05, 4.69) is 29.8 Å². The molecule has 0 saturated heterocycles. The summed E-state index contributed by atoms with van der Waals surface area (Å²) in [6.07, 6.45) is 2.26. The van der Waals surface area contributed by atoms with Crippen molar-refractivity contribution >= 4 is 33.4 Å². The molecule has 0 N–H and O–H groups in total. The molecule has 18 heavy (non-hydrogen) atoms. The summed E-state index contributed by atoms with van der Waals surface area (Å²) >= 11 is 9.39. The highest BCUT2D eigenvalue weighted by atomic mass is 79.9. The average molecular weight is 331 g/mol. The summed E-state index contributed by atoms with van der Waals surface area (Å²) in [7, 11) is 0. The molecule has 1 fully saturated rings. The summed E-state index contributed by atoms with van der Waals surface area (Å²) < 4.78 is 0.822. The average Bonchev–Trinajstić information content (AvgIpc) is 3.12. The fourth-order valence-electron chi connectivity index (χ4n) is 1.97. The van der Waals surface area contributed by atoms with Crippen molar-refractivity contribution in [3.8, 4) is 0 Å². The van der Waals surface area contributed by atoms with Crippen molar-refractivity contribution in [1.82, 2.24) is 4.90 Å². The van der Waals surface area contributed by atoms with Gasteiger partial charge in [0, 0.05) is 22.6 Å². The molecule has 0 radical (unpaired) electrons. The normalized spacial score (nSPS) is 14.9. The largest absolute Gasteiger partial charge is 0.335 e. The van der Waals surface area contributed by atoms with Crippen molar-refractivity contribution in [1.29, 1.82) is 0 Å². The first-order valence-corrected chi connectivity index (χ1v) is 7.42. The second-order valence-corrected chi connectivity index (χ2v) is 6.47. The molecule has 0 atom stereocenters. The molecule has 1 aliphatic rings. The number of carbonyl (C=O) groups excluding carboxylic acids is 1. The van der Waals surface area contributed by atoms with Gasteiger partial charge in [0.1, 0.15) is 0 Å². The lowest BCUT2D eigenvalue weighted by Crippen LogP contribution is -2.36. The predicted molar refractivity (Wildman–Crippen MR) is 78.0 cm³/mol. The minimum absolute atomic E-state index is 0.0978. The van der Waals surface area contributed by atoms with E-state index in [9.17, 15) is 4.79 Å². The van der Waals surface area contributed by atoms with Crippen molar-refractivity contribution in [2.75, 3.05) is 6.54 Å². The second-order valence-electron chi connectivity index (χ2n) is 5.21. The van der Waals surface area contributed by atoms with Crippen molar-refractivity contribution in [2.45, 2.75) is 32.7 Å². The van der Waals surface area contributed by atoms with E-state index in [1.165, 1.54) is 0 Å². The van der Waals surface area contributed by atoms with Gasteiger partial charge in [0.2, 0.25) is 0 Å². The van der Waals surface area contributed by atoms with E-state index in [0.29, 0.717) is 22.5 Å². The van der Waals surface area contributed by atoms with E-state index in [1.807, 2.05) is 17.0 Å². The van der Waals surface area contributed by atoms with Crippen LogP contribution in [0.1, 0.15) is 37.0 Å². The molecule has 0 aliphatic heterocycles. The summed E-state index contributed by atoms with van der Waals surface area (Å²) in [6, 6.07) is 5.83. The highest BCUT2D eigenvalue weighted by molar-refractivity contribution is 9.10. The molecule has 2 rings (SSSR count). The first-order chi connectivity index (χ1) is 8.49. The van der Waals surface area contributed by atoms with Gasteiger partial charge in [-0.25, -0.2) is 0 Å². The van der Waals surface area contributed by atoms with E-state index in [-0.39, 0.29) is 5.91 Å². The Labute approximate surface area is 121 Å². The maximum atomic E-state index is 12.5. The first-order valence-electron chi connectivity index (χ1n) is 6.25. The van der Waals surface area contributed by atoms with Crippen molar-refractivity contribution in [2.24, 2.45) is 5.92 Å². The minimum Gasteiger partial charge on any atom is -0.335 e. The Hall–Kier alpha value is -0.540. The third-order valence-electron chi connectivity index (χ3n) is 2.98. The van der Waals surface area contributed by atoms with E-state index in [4.69, 9.17) is 11.6 Å². The maximum absolute atomic E-state index is 12.5. The molecule has 0 bridgehead atoms. The van der Waals surface area contributed by atoms with Crippen molar-refractivity contribution in [3.63, 3.8) is 0 Å². The molecule has 0 aromatic heterocycles. The van der Waals surface area contributed by atoms with Crippen molar-refractivity contribution < 1.29 is 4.79 Å². The van der Waals surface area contributed by atoms with Crippen LogP contribution in [0.5, 0.6) is 0 Å². The summed E-state index contributed by atoms with van der Waals surface area (Å²) in [5.74, 6) is 0.584. The van der Waals surface area contributed by atoms with Gasteiger partial charge in [0.25, 0.3) is 5.91 Å². The molecule has 1 aromatic carbocycles. The van der Waals surface area contributed by atoms with Gasteiger partial charge in [-0.3, -0.25) is 4.79 Å². The number of hydrogen-bond donors (Lipinski definition) is 0. The zero-order chi connectivity index (χ0) is 13.3. The molecule has 1 aliphatic carbocycles. The van der Waals surface area contributed by atoms with Crippen LogP contribution in [0.2, 0.25) is 5.02 Å². The number of nitrogens with zero attached hydrogens (tertiary/aromatic N) is 1. The Morgan fingerprint density at radius 2 is 2.17 bits per heavy atom. The summed E-state index contributed by atoms with van der Waals surface area (Å²) in [5, 5.41) is 0.584. The van der Waals surface area contributed by atoms with E-state index < -0.39 is 0 Å². The molecule has 0 spiro atoms. The number of amides is 1. The van der Waals surface area contributed by atoms with Gasteiger partial charge in [-0.2, -0.15) is 0 Å². The van der Waals surface area contributed by atoms with E-state index in [0.717, 1.165) is 23.9 Å². The third-order valence-corrected chi connectivity index (χ3v) is 4.21. The summed E-state index contributed by atoms with van der Waals surface area (Å²) in [6.45, 7) is 5.09. The molecule has 1 saturated carbocycles. The molecule has 1 amide bonds. The second kappa shape index (κ2) is 5.62. The third kappa shape index (κ3) is 3.27. The van der Waals surface area contributed by atoms with Gasteiger partial charge in [0.05, 0.1) is 5.02 Å². The quantitative estimate of drug-likeness (QED) is 0.803. The van der Waals surface area contributed by atoms with Gasteiger partial charge in [-0.15, -0.1) is 0 Å². The van der Waals surface area contributed by atoms with Gasteiger partial charge in [-0.05, 0) is 52.9 Å². The highest BCUT2D eigenvalue weighted by Crippen LogP contribution is 2.30. The Balaban J connectivity index is 2.19. The van der Waals surface area contributed by atoms with E-state index >= 15 is 0 Å². The molecule has 0 heterocycles. The number of carbonyl (C=O) groups is 1. The fourth-order valence-corrected chi connectivity index (χ4v) is 2.40. The number of benzene rings is 1. The zero-order valence-corrected chi connectivity index (χ0v) is 13.0. The maximum Gasteiger partial charge on any atom is 0.254 e. The molecule has 4 heteroatoms. The Morgan fingerprint density at radius 3 is 2.67 bits per heavy atom. The standard InChI is InChI=1S/C14H17BrClNO/c1-9(2)8-17(11-4-5-11)14(18)10-3-6-12(15)13(16)7-10/h3,6-7,9,11H,4-5,8H2,1-2H3. The first kappa shape index (κ1) is 13.9. The van der Waals surface area contributed by atoms with Gasteiger partial charge in [0.15, 0.2) is 0 Å². The molecule has 1 aromatic rings. The van der Waals surface area contributed by atoms with Gasteiger partial charge >= 0.3 is 0 Å². The lowest BCUT2D eigenvalue weighted by atomic mass is 10.1. The van der Waals surface area contributed by atoms with Crippen LogP contribution in [0.3, 0.4) is 0 Å². The molecule has 2 nitrogen and oxygen atoms in total. The zero-order valence-electron chi connectivity index (χ0n) is 10.6. The molecule has 98 valence electrons. The van der Waals surface area contributed by atoms with Crippen LogP contribution in [0.4, 0.5) is 0 Å². The molecular formula is C14H17BrClNO. The fraction of sp³-hybridized carbons (Fsp3) is 0.500. The van der Waals surface area contributed by atoms with Gasteiger partial charge in [-0.1, -0.05) is 25.4 Å². The minimum atomic E-state index is 0.0978. The van der Waals surface area contributed by atoms with Crippen LogP contribution in [-0.4, -0.2) is 23.4 Å². The molecule has 0 unspecified atom stereocenters. The lowest BCUT2D eigenvalue weighted by molar-refractivity contribution is 0.0722. The highest BCUT2D eigenvalue weighted by Gasteiger charge is 2.33. The topological polar surface area (TPSA) is 20.3 Å². The Kier molecular flexibility index (Phi) is 4.33. The van der Waals surface area contributed by atoms with Crippen LogP contribution in [0.15, 0.2) is 22.7 Å². The van der Waals surface area contributed by atoms with Crippen LogP contribution in [-0.2, 0) is 0 Å². The summed E-state index contributed by atoms with van der Waals surface area (Å²) in [4.78, 5) is 14.5. The number of halogens is 2. The number of rotatable bonds is 4. The lowest BCUT2D eigenvalue weighted by Gasteiger charge is -2.24. The smallest absolute Gasteiger partial charge is 0.254 e. The monoisotopic (exact) mass is 329 g/mol. The van der Waals surface area contributed by atoms with Gasteiger partial charge < -0.3 is 4.90 Å². The predicted octanol–water partition coefficient (Wildman–Crippen LogP) is 4.36. The van der Waals surface area contributed by atoms with Crippen LogP contribution in [0, 0.1) is 5.92 Å². The SMILES string of the molecule is CC(C)CN(C(=O)c1ccc(Br)c(Cl)c1)C1CC1. The van der Waals surface area contributed by atoms with E-state index in [1.54, 1.807) is 6.07 Å². The Morgan fingerprint density at radius 1 is 1.50 bits per heavy atom. The summed E-state index contributed by atoms with van der Waals surface area (Å²) in [5.41, 5.74) is 0.677.